The Kier molecular flexibility index (Phi) is 16.4. The maximum absolute atomic E-state index is 13.5. The molecule has 0 aromatic heterocycles. The van der Waals surface area contributed by atoms with Crippen LogP contribution in [0.2, 0.25) is 0 Å². The summed E-state index contributed by atoms with van der Waals surface area (Å²) in [6, 6.07) is 1.28. The maximum Gasteiger partial charge on any atom is 0.430 e. The summed E-state index contributed by atoms with van der Waals surface area (Å²) in [5, 5.41) is 15.5. The van der Waals surface area contributed by atoms with E-state index in [2.05, 4.69) is 29.1 Å². The largest absolute Gasteiger partial charge is 0.542 e. The van der Waals surface area contributed by atoms with Crippen molar-refractivity contribution in [2.75, 3.05) is 13.2 Å². The van der Waals surface area contributed by atoms with Gasteiger partial charge in [0.25, 0.3) is 0 Å². The number of rotatable bonds is 16. The Morgan fingerprint density at radius 1 is 0.957 bits per heavy atom. The Bertz CT molecular complexity index is 1070. The molecule has 0 bridgehead atoms. The fourth-order valence-corrected chi connectivity index (χ4v) is 6.43. The van der Waals surface area contributed by atoms with Crippen molar-refractivity contribution < 1.29 is 46.7 Å². The number of carboxylic acids is 1. The zero-order chi connectivity index (χ0) is 34.3. The molecule has 0 unspecified atom stereocenters. The van der Waals surface area contributed by atoms with Gasteiger partial charge in [0.15, 0.2) is 0 Å². The number of alkyl carbamates (subject to hydrolysis) is 1. The first kappa shape index (κ1) is 39.4. The van der Waals surface area contributed by atoms with Crippen molar-refractivity contribution in [1.29, 1.82) is 0 Å². The number of amidine groups is 1. The van der Waals surface area contributed by atoms with Crippen LogP contribution in [-0.2, 0) is 19.1 Å². The molecule has 9 nitrogen and oxygen atoms in total. The summed E-state index contributed by atoms with van der Waals surface area (Å²) in [5.41, 5.74) is 1.75. The van der Waals surface area contributed by atoms with Gasteiger partial charge < -0.3 is 24.7 Å². The molecule has 1 saturated heterocycles. The van der Waals surface area contributed by atoms with Gasteiger partial charge in [-0.05, 0) is 77.7 Å². The monoisotopic (exact) mass is 659 g/mol. The Morgan fingerprint density at radius 3 is 2.24 bits per heavy atom. The molecule has 3 atom stereocenters. The van der Waals surface area contributed by atoms with Crippen LogP contribution in [-0.4, -0.2) is 71.5 Å². The summed E-state index contributed by atoms with van der Waals surface area (Å²) in [6.45, 7) is 10.9. The fraction of sp³-hybridized carbons (Fsp3) is 0.824. The summed E-state index contributed by atoms with van der Waals surface area (Å²) >= 11 is 0. The molecule has 0 aliphatic carbocycles. The summed E-state index contributed by atoms with van der Waals surface area (Å²) in [4.78, 5) is 34.1. The van der Waals surface area contributed by atoms with Crippen LogP contribution in [0.3, 0.4) is 0 Å². The minimum absolute atomic E-state index is 0.121. The summed E-state index contributed by atoms with van der Waals surface area (Å²) in [7, 11) is 0. The molecule has 0 aromatic rings. The van der Waals surface area contributed by atoms with E-state index in [-0.39, 0.29) is 12.0 Å². The number of carboxylic acid groups (broad SMARTS) is 1. The minimum atomic E-state index is -5.19. The predicted molar refractivity (Wildman–Crippen MR) is 168 cm³/mol. The van der Waals surface area contributed by atoms with E-state index in [1.807, 2.05) is 20.8 Å². The number of nitrogens with zero attached hydrogens (tertiary/aromatic N) is 1. The zero-order valence-electron chi connectivity index (χ0n) is 28.5. The number of alkyl halides is 3. The van der Waals surface area contributed by atoms with Crippen LogP contribution < -0.4 is 15.7 Å². The van der Waals surface area contributed by atoms with Gasteiger partial charge in [-0.25, -0.2) is 9.59 Å². The van der Waals surface area contributed by atoms with Gasteiger partial charge in [-0.3, -0.25) is 9.89 Å². The Morgan fingerprint density at radius 2 is 1.61 bits per heavy atom. The van der Waals surface area contributed by atoms with Gasteiger partial charge >= 0.3 is 18.2 Å². The third-order valence-electron chi connectivity index (χ3n) is 8.50. The first-order chi connectivity index (χ1) is 21.7. The molecule has 3 heterocycles. The number of halogens is 3. The quantitative estimate of drug-likeness (QED) is 0.117. The molecule has 12 heteroatoms. The number of esters is 1. The topological polar surface area (TPSA) is 120 Å². The van der Waals surface area contributed by atoms with Crippen molar-refractivity contribution in [3.63, 3.8) is 0 Å². The van der Waals surface area contributed by atoms with Gasteiger partial charge in [0, 0.05) is 13.0 Å². The average Bonchev–Trinajstić information content (AvgIpc) is 3.38. The highest BCUT2D eigenvalue weighted by Crippen LogP contribution is 2.38. The van der Waals surface area contributed by atoms with Gasteiger partial charge in [0.2, 0.25) is 5.84 Å². The number of carbonyl (C=O) groups is 3. The van der Waals surface area contributed by atoms with E-state index >= 15 is 0 Å². The molecular weight excluding hydrogens is 603 g/mol. The SMILES string of the molecule is CCCCCCC[C@H]1C[C@H]2CC[C@H]3C(C(=O)OCCCCNC(=O)OC(C)(C)C)=C(CCCCC)CC(=[N+]23)N1.O=C([O-])C(F)(F)F. The van der Waals surface area contributed by atoms with E-state index in [4.69, 9.17) is 19.4 Å². The van der Waals surface area contributed by atoms with Gasteiger partial charge in [-0.1, -0.05) is 52.4 Å². The van der Waals surface area contributed by atoms with Gasteiger partial charge in [-0.15, -0.1) is 0 Å². The number of amides is 1. The maximum atomic E-state index is 13.5. The molecule has 3 aliphatic heterocycles. The molecule has 2 N–H and O–H groups in total. The Hall–Kier alpha value is -2.79. The Labute approximate surface area is 272 Å². The minimum Gasteiger partial charge on any atom is -0.542 e. The van der Waals surface area contributed by atoms with Gasteiger partial charge in [0.1, 0.15) is 23.7 Å². The molecule has 0 radical (unpaired) electrons. The van der Waals surface area contributed by atoms with Crippen molar-refractivity contribution >= 4 is 23.9 Å². The number of hydrogen-bond acceptors (Lipinski definition) is 7. The van der Waals surface area contributed by atoms with Crippen molar-refractivity contribution in [3.8, 4) is 0 Å². The number of hydrogen-bond donors (Lipinski definition) is 2. The second-order valence-electron chi connectivity index (χ2n) is 13.6. The molecule has 3 rings (SSSR count). The normalized spacial score (nSPS) is 20.7. The lowest BCUT2D eigenvalue weighted by atomic mass is 9.89. The third-order valence-corrected chi connectivity index (χ3v) is 8.50. The van der Waals surface area contributed by atoms with Crippen LogP contribution in [0.5, 0.6) is 0 Å². The standard InChI is InChI=1S/C32H55N3O4.C2HF3O2/c1-6-8-10-11-13-17-25-23-26-18-19-27-29(24(16-12-9-7-2)22-28(34-25)35(26)27)30(36)38-21-15-14-20-33-31(37)39-32(3,4)5;3-2(4,5)1(6)7/h25-27H,6-23H2,1-5H3,(H,33,37);(H,6,7)/t25-,26+,27-;/m0./s1. The second kappa shape index (κ2) is 19.1. The van der Waals surface area contributed by atoms with E-state index in [1.54, 1.807) is 0 Å². The van der Waals surface area contributed by atoms with Crippen molar-refractivity contribution in [1.82, 2.24) is 10.6 Å². The molecule has 3 aliphatic rings. The van der Waals surface area contributed by atoms with Crippen molar-refractivity contribution in [2.45, 2.75) is 167 Å². The predicted octanol–water partition coefficient (Wildman–Crippen LogP) is 6.08. The molecule has 0 spiro atoms. The summed E-state index contributed by atoms with van der Waals surface area (Å²) in [5.74, 6) is -1.76. The zero-order valence-corrected chi connectivity index (χ0v) is 28.5. The lowest BCUT2D eigenvalue weighted by Gasteiger charge is -2.34. The number of ether oxygens (including phenoxy) is 2. The Balaban J connectivity index is 0.000000942. The van der Waals surface area contributed by atoms with Crippen LogP contribution in [0.25, 0.3) is 0 Å². The molecule has 46 heavy (non-hydrogen) atoms. The highest BCUT2D eigenvalue weighted by molar-refractivity contribution is 5.94. The molecular formula is C34H56F3N3O6. The fourth-order valence-electron chi connectivity index (χ4n) is 6.43. The summed E-state index contributed by atoms with van der Waals surface area (Å²) < 4.78 is 45.2. The number of carbonyl (C=O) groups excluding carboxylic acids is 3. The van der Waals surface area contributed by atoms with Crippen LogP contribution >= 0.6 is 0 Å². The molecule has 0 saturated carbocycles. The average molecular weight is 660 g/mol. The van der Waals surface area contributed by atoms with Crippen LogP contribution in [0.1, 0.15) is 137 Å². The van der Waals surface area contributed by atoms with Gasteiger partial charge in [0.05, 0.1) is 24.6 Å². The van der Waals surface area contributed by atoms with Crippen LogP contribution in [0.4, 0.5) is 18.0 Å². The summed E-state index contributed by atoms with van der Waals surface area (Å²) in [6.07, 6.45) is 12.5. The van der Waals surface area contributed by atoms with E-state index in [9.17, 15) is 22.8 Å². The van der Waals surface area contributed by atoms with E-state index in [0.717, 1.165) is 50.5 Å². The number of unbranched alkanes of at least 4 members (excludes halogenated alkanes) is 7. The van der Waals surface area contributed by atoms with Crippen molar-refractivity contribution in [2.24, 2.45) is 0 Å². The third kappa shape index (κ3) is 13.5. The lowest BCUT2D eigenvalue weighted by molar-refractivity contribution is -0.579. The second-order valence-corrected chi connectivity index (χ2v) is 13.6. The lowest BCUT2D eigenvalue weighted by Crippen LogP contribution is -2.54. The highest BCUT2D eigenvalue weighted by atomic mass is 19.4. The van der Waals surface area contributed by atoms with Crippen LogP contribution in [0.15, 0.2) is 11.1 Å². The van der Waals surface area contributed by atoms with E-state index < -0.39 is 23.8 Å². The molecule has 1 amide bonds. The van der Waals surface area contributed by atoms with Crippen molar-refractivity contribution in [3.05, 3.63) is 11.1 Å². The van der Waals surface area contributed by atoms with E-state index in [1.165, 1.54) is 69.2 Å². The smallest absolute Gasteiger partial charge is 0.430 e. The first-order valence-corrected chi connectivity index (χ1v) is 17.2. The van der Waals surface area contributed by atoms with E-state index in [0.29, 0.717) is 25.2 Å². The van der Waals surface area contributed by atoms with Gasteiger partial charge in [-0.2, -0.15) is 13.2 Å². The molecule has 1 fully saturated rings. The number of aliphatic carboxylic acids is 1. The molecule has 0 aromatic carbocycles. The number of nitrogens with one attached hydrogen (secondary N) is 2. The highest BCUT2D eigenvalue weighted by Gasteiger charge is 2.48. The first-order valence-electron chi connectivity index (χ1n) is 17.2. The van der Waals surface area contributed by atoms with Crippen LogP contribution in [0, 0.1) is 0 Å². The molecule has 264 valence electrons.